The van der Waals surface area contributed by atoms with Gasteiger partial charge in [0, 0.05) is 25.8 Å². The summed E-state index contributed by atoms with van der Waals surface area (Å²) >= 11 is 0. The Labute approximate surface area is 102 Å². The van der Waals surface area contributed by atoms with Crippen molar-refractivity contribution >= 4 is 5.91 Å². The summed E-state index contributed by atoms with van der Waals surface area (Å²) in [6.07, 6.45) is 3.71. The third kappa shape index (κ3) is 2.64. The van der Waals surface area contributed by atoms with Crippen molar-refractivity contribution < 1.29 is 4.79 Å². The minimum absolute atomic E-state index is 0.00331. The van der Waals surface area contributed by atoms with Crippen LogP contribution in [0.15, 0.2) is 18.3 Å². The van der Waals surface area contributed by atoms with Gasteiger partial charge in [0.05, 0.1) is 0 Å². The van der Waals surface area contributed by atoms with Gasteiger partial charge in [-0.1, -0.05) is 6.07 Å². The normalized spacial score (nSPS) is 23.0. The Kier molecular flexibility index (Phi) is 3.43. The lowest BCUT2D eigenvalue weighted by Crippen LogP contribution is -2.43. The van der Waals surface area contributed by atoms with Crippen LogP contribution in [-0.2, 0) is 0 Å². The second kappa shape index (κ2) is 4.84. The van der Waals surface area contributed by atoms with Crippen LogP contribution in [0.5, 0.6) is 0 Å². The van der Waals surface area contributed by atoms with Crippen molar-refractivity contribution in [2.24, 2.45) is 11.7 Å². The summed E-state index contributed by atoms with van der Waals surface area (Å²) in [7, 11) is 1.83. The maximum atomic E-state index is 12.2. The standard InChI is InChI=1S/C13H19N3O/c1-9-4-3-5-15-12(9)13(17)16(2)8-10-6-11(14)7-10/h3-5,10-11H,6-8,14H2,1-2H3. The number of carbonyl (C=O) groups excluding carboxylic acids is 1. The van der Waals surface area contributed by atoms with Crippen LogP contribution in [0.4, 0.5) is 0 Å². The summed E-state index contributed by atoms with van der Waals surface area (Å²) in [5.41, 5.74) is 7.22. The lowest BCUT2D eigenvalue weighted by molar-refractivity contribution is 0.0727. The molecule has 92 valence electrons. The van der Waals surface area contributed by atoms with Crippen molar-refractivity contribution in [3.8, 4) is 0 Å². The first-order valence-electron chi connectivity index (χ1n) is 6.00. The summed E-state index contributed by atoms with van der Waals surface area (Å²) < 4.78 is 0. The SMILES string of the molecule is Cc1cccnc1C(=O)N(C)CC1CC(N)C1. The average molecular weight is 233 g/mol. The van der Waals surface area contributed by atoms with E-state index in [1.807, 2.05) is 26.1 Å². The molecule has 1 saturated carbocycles. The van der Waals surface area contributed by atoms with Crippen LogP contribution < -0.4 is 5.73 Å². The summed E-state index contributed by atoms with van der Waals surface area (Å²) in [6.45, 7) is 2.69. The van der Waals surface area contributed by atoms with Gasteiger partial charge in [-0.05, 0) is 37.3 Å². The predicted octanol–water partition coefficient (Wildman–Crippen LogP) is 1.20. The van der Waals surface area contributed by atoms with Gasteiger partial charge in [-0.3, -0.25) is 9.78 Å². The maximum absolute atomic E-state index is 12.2. The van der Waals surface area contributed by atoms with Gasteiger partial charge < -0.3 is 10.6 Å². The number of nitrogens with zero attached hydrogens (tertiary/aromatic N) is 2. The molecule has 1 aliphatic carbocycles. The van der Waals surface area contributed by atoms with Crippen LogP contribution >= 0.6 is 0 Å². The molecular formula is C13H19N3O. The second-order valence-electron chi connectivity index (χ2n) is 4.95. The fourth-order valence-corrected chi connectivity index (χ4v) is 2.30. The van der Waals surface area contributed by atoms with Crippen LogP contribution in [0.1, 0.15) is 28.9 Å². The fraction of sp³-hybridized carbons (Fsp3) is 0.538. The summed E-state index contributed by atoms with van der Waals surface area (Å²) in [5, 5.41) is 0. The van der Waals surface area contributed by atoms with Crippen LogP contribution in [0.2, 0.25) is 0 Å². The number of nitrogens with two attached hydrogens (primary N) is 1. The van der Waals surface area contributed by atoms with E-state index in [-0.39, 0.29) is 5.91 Å². The van der Waals surface area contributed by atoms with Gasteiger partial charge in [0.25, 0.3) is 5.91 Å². The van der Waals surface area contributed by atoms with Crippen molar-refractivity contribution in [3.63, 3.8) is 0 Å². The molecule has 0 radical (unpaired) electrons. The van der Waals surface area contributed by atoms with Crippen molar-refractivity contribution in [1.29, 1.82) is 0 Å². The van der Waals surface area contributed by atoms with Crippen molar-refractivity contribution in [2.45, 2.75) is 25.8 Å². The first-order chi connectivity index (χ1) is 8.08. The maximum Gasteiger partial charge on any atom is 0.272 e. The highest BCUT2D eigenvalue weighted by atomic mass is 16.2. The lowest BCUT2D eigenvalue weighted by Gasteiger charge is -2.35. The number of rotatable bonds is 3. The number of hydrogen-bond acceptors (Lipinski definition) is 3. The summed E-state index contributed by atoms with van der Waals surface area (Å²) in [6, 6.07) is 4.09. The molecule has 0 saturated heterocycles. The topological polar surface area (TPSA) is 59.2 Å². The number of carbonyl (C=O) groups is 1. The molecule has 0 spiro atoms. The largest absolute Gasteiger partial charge is 0.340 e. The molecule has 1 amide bonds. The van der Waals surface area contributed by atoms with Gasteiger partial charge in [-0.15, -0.1) is 0 Å². The van der Waals surface area contributed by atoms with Crippen LogP contribution in [0.3, 0.4) is 0 Å². The summed E-state index contributed by atoms with van der Waals surface area (Å²) in [5.74, 6) is 0.562. The fourth-order valence-electron chi connectivity index (χ4n) is 2.30. The molecule has 1 fully saturated rings. The first kappa shape index (κ1) is 12.0. The first-order valence-corrected chi connectivity index (χ1v) is 6.00. The molecule has 4 heteroatoms. The highest BCUT2D eigenvalue weighted by Crippen LogP contribution is 2.26. The van der Waals surface area contributed by atoms with Gasteiger partial charge in [0.1, 0.15) is 5.69 Å². The van der Waals surface area contributed by atoms with Gasteiger partial charge in [-0.2, -0.15) is 0 Å². The molecule has 0 aliphatic heterocycles. The van der Waals surface area contributed by atoms with Gasteiger partial charge >= 0.3 is 0 Å². The molecule has 0 aromatic carbocycles. The van der Waals surface area contributed by atoms with Crippen LogP contribution in [0.25, 0.3) is 0 Å². The third-order valence-corrected chi connectivity index (χ3v) is 3.36. The van der Waals surface area contributed by atoms with Gasteiger partial charge in [-0.25, -0.2) is 0 Å². The molecule has 1 aliphatic rings. The molecule has 4 nitrogen and oxygen atoms in total. The minimum Gasteiger partial charge on any atom is -0.340 e. The molecule has 1 heterocycles. The Morgan fingerprint density at radius 1 is 1.59 bits per heavy atom. The molecule has 17 heavy (non-hydrogen) atoms. The number of hydrogen-bond donors (Lipinski definition) is 1. The van der Waals surface area contributed by atoms with E-state index in [0.717, 1.165) is 24.9 Å². The molecule has 0 atom stereocenters. The quantitative estimate of drug-likeness (QED) is 0.853. The number of aryl methyl sites for hydroxylation is 1. The molecule has 2 N–H and O–H groups in total. The van der Waals surface area contributed by atoms with Crippen molar-refractivity contribution in [3.05, 3.63) is 29.6 Å². The zero-order valence-corrected chi connectivity index (χ0v) is 10.4. The van der Waals surface area contributed by atoms with Gasteiger partial charge in [0.2, 0.25) is 0 Å². The van der Waals surface area contributed by atoms with E-state index in [9.17, 15) is 4.79 Å². The van der Waals surface area contributed by atoms with Crippen molar-refractivity contribution in [1.82, 2.24) is 9.88 Å². The Balaban J connectivity index is 1.97. The highest BCUT2D eigenvalue weighted by Gasteiger charge is 2.28. The number of aromatic nitrogens is 1. The molecule has 1 aromatic rings. The Morgan fingerprint density at radius 2 is 2.29 bits per heavy atom. The number of amides is 1. The Morgan fingerprint density at radius 3 is 2.88 bits per heavy atom. The molecule has 0 unspecified atom stereocenters. The molecular weight excluding hydrogens is 214 g/mol. The molecule has 1 aromatic heterocycles. The zero-order valence-electron chi connectivity index (χ0n) is 10.4. The van der Waals surface area contributed by atoms with Gasteiger partial charge in [0.15, 0.2) is 0 Å². The zero-order chi connectivity index (χ0) is 12.4. The number of pyridine rings is 1. The summed E-state index contributed by atoms with van der Waals surface area (Å²) in [4.78, 5) is 18.1. The molecule has 2 rings (SSSR count). The van der Waals surface area contributed by atoms with E-state index in [0.29, 0.717) is 17.7 Å². The van der Waals surface area contributed by atoms with E-state index in [4.69, 9.17) is 5.73 Å². The van der Waals surface area contributed by atoms with E-state index in [1.165, 1.54) is 0 Å². The van der Waals surface area contributed by atoms with Crippen LogP contribution in [-0.4, -0.2) is 35.4 Å². The van der Waals surface area contributed by atoms with E-state index in [2.05, 4.69) is 4.98 Å². The second-order valence-corrected chi connectivity index (χ2v) is 4.95. The van der Waals surface area contributed by atoms with Crippen LogP contribution in [0, 0.1) is 12.8 Å². The van der Waals surface area contributed by atoms with Crippen molar-refractivity contribution in [2.75, 3.05) is 13.6 Å². The molecule has 0 bridgehead atoms. The third-order valence-electron chi connectivity index (χ3n) is 3.36. The average Bonchev–Trinajstić information content (AvgIpc) is 2.26. The highest BCUT2D eigenvalue weighted by molar-refractivity contribution is 5.93. The Bertz CT molecular complexity index is 413. The lowest BCUT2D eigenvalue weighted by atomic mass is 9.80. The monoisotopic (exact) mass is 233 g/mol. The van der Waals surface area contributed by atoms with E-state index in [1.54, 1.807) is 11.1 Å². The van der Waals surface area contributed by atoms with E-state index < -0.39 is 0 Å². The predicted molar refractivity (Wildman–Crippen MR) is 66.6 cm³/mol. The van der Waals surface area contributed by atoms with E-state index >= 15 is 0 Å². The Hall–Kier alpha value is -1.42. The smallest absolute Gasteiger partial charge is 0.272 e. The minimum atomic E-state index is 0.00331.